The second kappa shape index (κ2) is 7.13. The molecule has 1 aromatic rings. The van der Waals surface area contributed by atoms with Gasteiger partial charge in [0.1, 0.15) is 11.6 Å². The van der Waals surface area contributed by atoms with Gasteiger partial charge in [-0.15, -0.1) is 0 Å². The Labute approximate surface area is 114 Å². The van der Waals surface area contributed by atoms with Gasteiger partial charge in [0.05, 0.1) is 4.47 Å². The van der Waals surface area contributed by atoms with Crippen molar-refractivity contribution < 1.29 is 8.78 Å². The molecule has 3 N–H and O–H groups in total. The average molecular weight is 322 g/mol. The number of hydrogen-bond acceptors (Lipinski definition) is 3. The third kappa shape index (κ3) is 4.28. The van der Waals surface area contributed by atoms with Gasteiger partial charge in [-0.2, -0.15) is 0 Å². The van der Waals surface area contributed by atoms with Crippen molar-refractivity contribution in [3.8, 4) is 0 Å². The number of halogens is 3. The summed E-state index contributed by atoms with van der Waals surface area (Å²) < 4.78 is 27.6. The molecule has 18 heavy (non-hydrogen) atoms. The van der Waals surface area contributed by atoms with Crippen molar-refractivity contribution in [2.24, 2.45) is 5.84 Å². The first-order chi connectivity index (χ1) is 8.45. The molecule has 0 aliphatic carbocycles. The summed E-state index contributed by atoms with van der Waals surface area (Å²) in [6, 6.07) is 2.45. The highest BCUT2D eigenvalue weighted by Gasteiger charge is 2.17. The molecule has 1 atom stereocenters. The van der Waals surface area contributed by atoms with Crippen molar-refractivity contribution in [1.82, 2.24) is 10.3 Å². The largest absolute Gasteiger partial charge is 0.309 e. The molecule has 0 radical (unpaired) electrons. The maximum absolute atomic E-state index is 13.8. The SMILES string of the molecule is CN(C)CCC(Cc1c(F)ccc(Br)c1F)NN. The van der Waals surface area contributed by atoms with Crippen LogP contribution in [0, 0.1) is 11.6 Å². The fourth-order valence-electron chi connectivity index (χ4n) is 1.66. The summed E-state index contributed by atoms with van der Waals surface area (Å²) in [5.41, 5.74) is 2.67. The zero-order valence-corrected chi connectivity index (χ0v) is 12.1. The van der Waals surface area contributed by atoms with Gasteiger partial charge in [-0.3, -0.25) is 11.3 Å². The van der Waals surface area contributed by atoms with E-state index in [1.54, 1.807) is 0 Å². The lowest BCUT2D eigenvalue weighted by atomic mass is 10.0. The summed E-state index contributed by atoms with van der Waals surface area (Å²) in [4.78, 5) is 2.00. The molecule has 3 nitrogen and oxygen atoms in total. The van der Waals surface area contributed by atoms with Crippen LogP contribution < -0.4 is 11.3 Å². The molecule has 0 bridgehead atoms. The van der Waals surface area contributed by atoms with E-state index >= 15 is 0 Å². The third-order valence-electron chi connectivity index (χ3n) is 2.75. The smallest absolute Gasteiger partial charge is 0.143 e. The third-order valence-corrected chi connectivity index (χ3v) is 3.36. The van der Waals surface area contributed by atoms with Gasteiger partial charge in [0.15, 0.2) is 0 Å². The van der Waals surface area contributed by atoms with Crippen LogP contribution in [0.2, 0.25) is 0 Å². The van der Waals surface area contributed by atoms with E-state index in [0.29, 0.717) is 0 Å². The van der Waals surface area contributed by atoms with Crippen LogP contribution >= 0.6 is 15.9 Å². The predicted molar refractivity (Wildman–Crippen MR) is 72.0 cm³/mol. The van der Waals surface area contributed by atoms with Crippen LogP contribution in [-0.2, 0) is 6.42 Å². The molecule has 1 rings (SSSR count). The molecular weight excluding hydrogens is 304 g/mol. The highest BCUT2D eigenvalue weighted by molar-refractivity contribution is 9.10. The number of nitrogens with one attached hydrogen (secondary N) is 1. The molecule has 102 valence electrons. The van der Waals surface area contributed by atoms with Gasteiger partial charge in [-0.1, -0.05) is 0 Å². The lowest BCUT2D eigenvalue weighted by Gasteiger charge is -2.19. The molecule has 0 saturated carbocycles. The molecule has 1 unspecified atom stereocenters. The van der Waals surface area contributed by atoms with Gasteiger partial charge in [-0.05, 0) is 61.5 Å². The summed E-state index contributed by atoms with van der Waals surface area (Å²) in [6.07, 6.45) is 0.941. The zero-order valence-electron chi connectivity index (χ0n) is 10.5. The van der Waals surface area contributed by atoms with Gasteiger partial charge in [-0.25, -0.2) is 8.78 Å². The molecule has 0 aliphatic heterocycles. The molecule has 0 fully saturated rings. The minimum atomic E-state index is -0.555. The Morgan fingerprint density at radius 2 is 2.06 bits per heavy atom. The van der Waals surface area contributed by atoms with Crippen LogP contribution in [0.4, 0.5) is 8.78 Å². The number of hydrogen-bond donors (Lipinski definition) is 2. The lowest BCUT2D eigenvalue weighted by molar-refractivity contribution is 0.354. The van der Waals surface area contributed by atoms with E-state index in [-0.39, 0.29) is 22.5 Å². The van der Waals surface area contributed by atoms with Crippen LogP contribution in [0.5, 0.6) is 0 Å². The monoisotopic (exact) mass is 321 g/mol. The Bertz CT molecular complexity index is 399. The van der Waals surface area contributed by atoms with Crippen LogP contribution in [0.3, 0.4) is 0 Å². The van der Waals surface area contributed by atoms with E-state index in [0.717, 1.165) is 13.0 Å². The van der Waals surface area contributed by atoms with Gasteiger partial charge in [0, 0.05) is 11.6 Å². The topological polar surface area (TPSA) is 41.3 Å². The highest BCUT2D eigenvalue weighted by atomic mass is 79.9. The van der Waals surface area contributed by atoms with E-state index in [4.69, 9.17) is 5.84 Å². The number of hydrazine groups is 1. The Morgan fingerprint density at radius 3 is 2.61 bits per heavy atom. The van der Waals surface area contributed by atoms with Crippen LogP contribution in [0.15, 0.2) is 16.6 Å². The van der Waals surface area contributed by atoms with Crippen molar-refractivity contribution in [3.63, 3.8) is 0 Å². The maximum Gasteiger partial charge on any atom is 0.143 e. The molecule has 6 heteroatoms. The van der Waals surface area contributed by atoms with Crippen LogP contribution in [0.25, 0.3) is 0 Å². The molecule has 0 spiro atoms. The fourth-order valence-corrected chi connectivity index (χ4v) is 2.03. The van der Waals surface area contributed by atoms with Crippen molar-refractivity contribution in [2.45, 2.75) is 18.9 Å². The van der Waals surface area contributed by atoms with E-state index in [2.05, 4.69) is 21.4 Å². The van der Waals surface area contributed by atoms with Crippen molar-refractivity contribution in [1.29, 1.82) is 0 Å². The molecule has 0 aromatic heterocycles. The quantitative estimate of drug-likeness (QED) is 0.478. The Balaban J connectivity index is 2.78. The minimum Gasteiger partial charge on any atom is -0.309 e. The Morgan fingerprint density at radius 1 is 1.39 bits per heavy atom. The van der Waals surface area contributed by atoms with Crippen LogP contribution in [-0.4, -0.2) is 31.6 Å². The van der Waals surface area contributed by atoms with Gasteiger partial charge in [0.2, 0.25) is 0 Å². The molecule has 1 aromatic carbocycles. The summed E-state index contributed by atoms with van der Waals surface area (Å²) in [5, 5.41) is 0. The maximum atomic E-state index is 13.8. The lowest BCUT2D eigenvalue weighted by Crippen LogP contribution is -2.39. The zero-order chi connectivity index (χ0) is 13.7. The second-order valence-corrected chi connectivity index (χ2v) is 5.34. The number of rotatable bonds is 6. The normalized spacial score (nSPS) is 13.1. The van der Waals surface area contributed by atoms with E-state index in [1.165, 1.54) is 12.1 Å². The summed E-state index contributed by atoms with van der Waals surface area (Å²) in [6.45, 7) is 0.798. The average Bonchev–Trinajstić information content (AvgIpc) is 2.33. The number of nitrogens with zero attached hydrogens (tertiary/aromatic N) is 1. The Hall–Kier alpha value is -0.560. The Kier molecular flexibility index (Phi) is 6.14. The minimum absolute atomic E-state index is 0.0612. The van der Waals surface area contributed by atoms with E-state index in [1.807, 2.05) is 19.0 Å². The highest BCUT2D eigenvalue weighted by Crippen LogP contribution is 2.23. The van der Waals surface area contributed by atoms with E-state index < -0.39 is 11.6 Å². The molecule has 0 heterocycles. The van der Waals surface area contributed by atoms with Gasteiger partial charge in [0.25, 0.3) is 0 Å². The molecular formula is C12H18BrF2N3. The predicted octanol–water partition coefficient (Wildman–Crippen LogP) is 2.05. The van der Waals surface area contributed by atoms with Crippen molar-refractivity contribution in [3.05, 3.63) is 33.8 Å². The summed E-state index contributed by atoms with van der Waals surface area (Å²) >= 11 is 3.05. The summed E-state index contributed by atoms with van der Waals surface area (Å²) in [7, 11) is 3.88. The number of benzene rings is 1. The first kappa shape index (κ1) is 15.5. The standard InChI is InChI=1S/C12H18BrF2N3/c1-18(2)6-5-8(17-16)7-9-11(14)4-3-10(13)12(9)15/h3-4,8,17H,5-7,16H2,1-2H3. The van der Waals surface area contributed by atoms with E-state index in [9.17, 15) is 8.78 Å². The van der Waals surface area contributed by atoms with Gasteiger partial charge >= 0.3 is 0 Å². The fraction of sp³-hybridized carbons (Fsp3) is 0.500. The number of nitrogens with two attached hydrogens (primary N) is 1. The first-order valence-corrected chi connectivity index (χ1v) is 6.48. The molecule has 0 amide bonds. The second-order valence-electron chi connectivity index (χ2n) is 4.48. The van der Waals surface area contributed by atoms with Crippen molar-refractivity contribution >= 4 is 15.9 Å². The summed E-state index contributed by atoms with van der Waals surface area (Å²) in [5.74, 6) is 4.32. The molecule has 0 saturated heterocycles. The van der Waals surface area contributed by atoms with Crippen molar-refractivity contribution in [2.75, 3.05) is 20.6 Å². The van der Waals surface area contributed by atoms with Crippen LogP contribution in [0.1, 0.15) is 12.0 Å². The molecule has 0 aliphatic rings. The first-order valence-electron chi connectivity index (χ1n) is 5.69. The van der Waals surface area contributed by atoms with Gasteiger partial charge < -0.3 is 4.90 Å².